The first-order chi connectivity index (χ1) is 7.69. The van der Waals surface area contributed by atoms with Gasteiger partial charge in [0.25, 0.3) is 0 Å². The first kappa shape index (κ1) is 12.6. The molecule has 4 heteroatoms. The van der Waals surface area contributed by atoms with Gasteiger partial charge in [0.05, 0.1) is 12.7 Å². The van der Waals surface area contributed by atoms with E-state index in [2.05, 4.69) is 4.74 Å². The van der Waals surface area contributed by atoms with Crippen molar-refractivity contribution >= 4 is 23.6 Å². The second-order valence-electron chi connectivity index (χ2n) is 3.15. The van der Waals surface area contributed by atoms with E-state index in [1.165, 1.54) is 19.2 Å². The smallest absolute Gasteiger partial charge is 0.337 e. The first-order valence-electron chi connectivity index (χ1n) is 4.83. The van der Waals surface area contributed by atoms with Gasteiger partial charge in [-0.2, -0.15) is 0 Å². The van der Waals surface area contributed by atoms with E-state index in [-0.39, 0.29) is 5.75 Å². The quantitative estimate of drug-likeness (QED) is 0.650. The summed E-state index contributed by atoms with van der Waals surface area (Å²) in [7, 11) is 1.32. The van der Waals surface area contributed by atoms with Crippen LogP contribution in [0.25, 0.3) is 6.08 Å². The number of methoxy groups -OCH3 is 1. The Morgan fingerprint density at radius 2 is 2.31 bits per heavy atom. The third kappa shape index (κ3) is 3.28. The topological polar surface area (TPSA) is 46.5 Å². The number of carbonyl (C=O) groups is 1. The molecule has 0 fully saturated rings. The second kappa shape index (κ2) is 6.18. The molecule has 3 nitrogen and oxygen atoms in total. The molecule has 0 atom stereocenters. The zero-order valence-electron chi connectivity index (χ0n) is 8.94. The van der Waals surface area contributed by atoms with Crippen molar-refractivity contribution in [2.24, 2.45) is 0 Å². The van der Waals surface area contributed by atoms with Crippen LogP contribution in [0.1, 0.15) is 22.3 Å². The van der Waals surface area contributed by atoms with E-state index in [0.717, 1.165) is 0 Å². The van der Waals surface area contributed by atoms with Crippen LogP contribution in [0.4, 0.5) is 0 Å². The Hall–Kier alpha value is -1.48. The van der Waals surface area contributed by atoms with Crippen molar-refractivity contribution in [3.63, 3.8) is 0 Å². The van der Waals surface area contributed by atoms with Crippen molar-refractivity contribution in [3.8, 4) is 5.75 Å². The van der Waals surface area contributed by atoms with Gasteiger partial charge in [-0.1, -0.05) is 12.2 Å². The number of hydrogen-bond acceptors (Lipinski definition) is 3. The monoisotopic (exact) mass is 240 g/mol. The molecule has 0 saturated heterocycles. The van der Waals surface area contributed by atoms with E-state index < -0.39 is 5.97 Å². The van der Waals surface area contributed by atoms with Gasteiger partial charge in [-0.05, 0) is 24.6 Å². The molecular weight excluding hydrogens is 228 g/mol. The van der Waals surface area contributed by atoms with E-state index in [0.29, 0.717) is 23.4 Å². The fourth-order valence-corrected chi connectivity index (χ4v) is 1.33. The van der Waals surface area contributed by atoms with E-state index in [1.807, 2.05) is 6.08 Å². The molecule has 0 aromatic heterocycles. The van der Waals surface area contributed by atoms with E-state index in [4.69, 9.17) is 11.6 Å². The molecule has 86 valence electrons. The summed E-state index contributed by atoms with van der Waals surface area (Å²) in [5.41, 5.74) is 0.985. The minimum atomic E-state index is -0.424. The minimum absolute atomic E-state index is 0.124. The van der Waals surface area contributed by atoms with Gasteiger partial charge in [-0.3, -0.25) is 0 Å². The molecule has 0 aliphatic heterocycles. The third-order valence-corrected chi connectivity index (χ3v) is 2.24. The Morgan fingerprint density at radius 3 is 2.94 bits per heavy atom. The Labute approximate surface area is 99.3 Å². The summed E-state index contributed by atoms with van der Waals surface area (Å²) in [4.78, 5) is 11.3. The number of hydrogen-bond donors (Lipinski definition) is 1. The zero-order valence-corrected chi connectivity index (χ0v) is 9.70. The number of halogens is 1. The maximum absolute atomic E-state index is 11.3. The molecule has 1 N–H and O–H groups in total. The normalized spacial score (nSPS) is 10.6. The third-order valence-electron chi connectivity index (χ3n) is 2.02. The lowest BCUT2D eigenvalue weighted by Gasteiger charge is -2.02. The summed E-state index contributed by atoms with van der Waals surface area (Å²) in [6.07, 6.45) is 4.27. The Balaban J connectivity index is 2.94. The lowest BCUT2D eigenvalue weighted by molar-refractivity contribution is 0.0600. The number of phenols is 1. The Bertz CT molecular complexity index is 399. The molecule has 0 unspecified atom stereocenters. The number of allylic oxidation sites excluding steroid dienone is 1. The zero-order chi connectivity index (χ0) is 12.0. The van der Waals surface area contributed by atoms with Crippen LogP contribution in [0.15, 0.2) is 24.3 Å². The molecule has 0 aliphatic carbocycles. The lowest BCUT2D eigenvalue weighted by atomic mass is 10.1. The maximum Gasteiger partial charge on any atom is 0.337 e. The number of phenolic OH excluding ortho intramolecular Hbond substituents is 1. The van der Waals surface area contributed by atoms with Gasteiger partial charge in [0.2, 0.25) is 0 Å². The lowest BCUT2D eigenvalue weighted by Crippen LogP contribution is -2.00. The molecule has 0 amide bonds. The number of ether oxygens (including phenoxy) is 1. The summed E-state index contributed by atoms with van der Waals surface area (Å²) in [6.45, 7) is 0. The summed E-state index contributed by atoms with van der Waals surface area (Å²) < 4.78 is 4.59. The van der Waals surface area contributed by atoms with Crippen LogP contribution in [0, 0.1) is 0 Å². The van der Waals surface area contributed by atoms with Crippen LogP contribution >= 0.6 is 11.6 Å². The summed E-state index contributed by atoms with van der Waals surface area (Å²) in [5.74, 6) is 0.221. The predicted molar refractivity (Wildman–Crippen MR) is 63.8 cm³/mol. The van der Waals surface area contributed by atoms with Gasteiger partial charge >= 0.3 is 5.97 Å². The molecule has 0 aliphatic rings. The molecule has 0 bridgehead atoms. The van der Waals surface area contributed by atoms with E-state index in [9.17, 15) is 9.90 Å². The number of esters is 1. The number of rotatable bonds is 4. The Kier molecular flexibility index (Phi) is 4.86. The molecule has 0 spiro atoms. The van der Waals surface area contributed by atoms with Crippen molar-refractivity contribution in [2.45, 2.75) is 6.42 Å². The standard InChI is InChI=1S/C12H13ClO3/c1-16-12(15)10-5-6-11(14)9(8-10)4-2-3-7-13/h2,4-6,8,14H,3,7H2,1H3. The molecule has 0 radical (unpaired) electrons. The van der Waals surface area contributed by atoms with Crippen molar-refractivity contribution < 1.29 is 14.6 Å². The summed E-state index contributed by atoms with van der Waals surface area (Å²) >= 11 is 5.52. The number of carbonyl (C=O) groups excluding carboxylic acids is 1. The minimum Gasteiger partial charge on any atom is -0.507 e. The molecule has 0 heterocycles. The fraction of sp³-hybridized carbons (Fsp3) is 0.250. The average molecular weight is 241 g/mol. The van der Waals surface area contributed by atoms with Gasteiger partial charge in [-0.15, -0.1) is 11.6 Å². The van der Waals surface area contributed by atoms with Gasteiger partial charge in [-0.25, -0.2) is 4.79 Å². The van der Waals surface area contributed by atoms with E-state index in [1.54, 1.807) is 12.1 Å². The van der Waals surface area contributed by atoms with Gasteiger partial charge in [0, 0.05) is 11.4 Å². The van der Waals surface area contributed by atoms with Crippen LogP contribution in [-0.2, 0) is 4.74 Å². The molecule has 1 aromatic carbocycles. The highest BCUT2D eigenvalue weighted by atomic mass is 35.5. The number of aromatic hydroxyl groups is 1. The van der Waals surface area contributed by atoms with Crippen LogP contribution in [0.2, 0.25) is 0 Å². The van der Waals surface area contributed by atoms with Gasteiger partial charge in [0.15, 0.2) is 0 Å². The molecule has 0 saturated carbocycles. The van der Waals surface area contributed by atoms with Crippen LogP contribution in [-0.4, -0.2) is 24.1 Å². The van der Waals surface area contributed by atoms with Gasteiger partial charge < -0.3 is 9.84 Å². The highest BCUT2D eigenvalue weighted by molar-refractivity contribution is 6.17. The molecule has 1 rings (SSSR count). The Morgan fingerprint density at radius 1 is 1.56 bits per heavy atom. The highest BCUT2D eigenvalue weighted by Crippen LogP contribution is 2.20. The second-order valence-corrected chi connectivity index (χ2v) is 3.52. The molecule has 16 heavy (non-hydrogen) atoms. The van der Waals surface area contributed by atoms with Crippen molar-refractivity contribution in [1.82, 2.24) is 0 Å². The van der Waals surface area contributed by atoms with Crippen LogP contribution < -0.4 is 0 Å². The highest BCUT2D eigenvalue weighted by Gasteiger charge is 2.07. The molecule has 1 aromatic rings. The van der Waals surface area contributed by atoms with Crippen molar-refractivity contribution in [3.05, 3.63) is 35.4 Å². The van der Waals surface area contributed by atoms with Crippen molar-refractivity contribution in [2.75, 3.05) is 13.0 Å². The maximum atomic E-state index is 11.3. The summed E-state index contributed by atoms with van der Waals surface area (Å²) in [6, 6.07) is 4.55. The largest absolute Gasteiger partial charge is 0.507 e. The van der Waals surface area contributed by atoms with E-state index >= 15 is 0 Å². The molecular formula is C12H13ClO3. The number of benzene rings is 1. The van der Waals surface area contributed by atoms with Crippen LogP contribution in [0.3, 0.4) is 0 Å². The number of alkyl halides is 1. The fourth-order valence-electron chi connectivity index (χ4n) is 1.21. The average Bonchev–Trinajstić information content (AvgIpc) is 2.31. The first-order valence-corrected chi connectivity index (χ1v) is 5.36. The summed E-state index contributed by atoms with van der Waals surface area (Å²) in [5, 5.41) is 9.55. The SMILES string of the molecule is COC(=O)c1ccc(O)c(C=CCCCl)c1. The van der Waals surface area contributed by atoms with Gasteiger partial charge in [0.1, 0.15) is 5.75 Å². The predicted octanol–water partition coefficient (Wildman–Crippen LogP) is 2.82. The van der Waals surface area contributed by atoms with Crippen molar-refractivity contribution in [1.29, 1.82) is 0 Å². The van der Waals surface area contributed by atoms with Crippen LogP contribution in [0.5, 0.6) is 5.75 Å².